The van der Waals surface area contributed by atoms with Crippen molar-refractivity contribution in [3.63, 3.8) is 0 Å². The van der Waals surface area contributed by atoms with E-state index in [0.29, 0.717) is 17.9 Å². The lowest BCUT2D eigenvalue weighted by molar-refractivity contribution is -0.133. The highest BCUT2D eigenvalue weighted by Crippen LogP contribution is 2.40. The molecule has 0 aliphatic carbocycles. The SMILES string of the molecule is Cc1cc(Oc2c(Cl)cc(C(=O)N[CH]C(=O)O)cc2Cl)cc(C(C)C)c1O. The summed E-state index contributed by atoms with van der Waals surface area (Å²) in [4.78, 5) is 22.4. The molecule has 27 heavy (non-hydrogen) atoms. The van der Waals surface area contributed by atoms with Crippen LogP contribution in [0.25, 0.3) is 0 Å². The largest absolute Gasteiger partial charge is 0.507 e. The standard InChI is InChI=1S/C19H18Cl2NO5/c1-9(2)13-7-12(4-10(3)17(13)25)27-18-14(20)5-11(6-15(18)21)19(26)22-8-16(23)24/h4-9,25H,1-3H3,(H,22,26)(H,23,24). The zero-order valence-corrected chi connectivity index (χ0v) is 16.4. The van der Waals surface area contributed by atoms with Crippen LogP contribution in [0.15, 0.2) is 24.3 Å². The third-order valence-electron chi connectivity index (χ3n) is 3.73. The van der Waals surface area contributed by atoms with Crippen LogP contribution in [0.5, 0.6) is 17.2 Å². The van der Waals surface area contributed by atoms with Crippen LogP contribution in [-0.4, -0.2) is 22.1 Å². The zero-order chi connectivity index (χ0) is 20.3. The topological polar surface area (TPSA) is 95.9 Å². The quantitative estimate of drug-likeness (QED) is 0.629. The number of carbonyl (C=O) groups is 2. The summed E-state index contributed by atoms with van der Waals surface area (Å²) < 4.78 is 5.79. The second-order valence-electron chi connectivity index (χ2n) is 6.16. The smallest absolute Gasteiger partial charge is 0.329 e. The number of amides is 1. The van der Waals surface area contributed by atoms with Gasteiger partial charge in [-0.1, -0.05) is 37.0 Å². The van der Waals surface area contributed by atoms with Crippen LogP contribution in [0, 0.1) is 13.5 Å². The molecule has 143 valence electrons. The van der Waals surface area contributed by atoms with Gasteiger partial charge in [-0.05, 0) is 42.7 Å². The van der Waals surface area contributed by atoms with Crippen LogP contribution >= 0.6 is 23.2 Å². The third kappa shape index (κ3) is 5.05. The van der Waals surface area contributed by atoms with Crippen LogP contribution in [-0.2, 0) is 4.79 Å². The Labute approximate surface area is 166 Å². The maximum absolute atomic E-state index is 11.9. The Balaban J connectivity index is 2.33. The minimum absolute atomic E-state index is 0.0785. The van der Waals surface area contributed by atoms with Gasteiger partial charge in [-0.15, -0.1) is 0 Å². The molecule has 0 aliphatic heterocycles. The number of carboxylic acids is 1. The Morgan fingerprint density at radius 3 is 2.26 bits per heavy atom. The highest BCUT2D eigenvalue weighted by molar-refractivity contribution is 6.37. The molecule has 2 aromatic carbocycles. The molecule has 0 heterocycles. The maximum Gasteiger partial charge on any atom is 0.329 e. The van der Waals surface area contributed by atoms with E-state index in [1.54, 1.807) is 19.1 Å². The molecular weight excluding hydrogens is 393 g/mol. The molecule has 1 amide bonds. The van der Waals surface area contributed by atoms with Crippen LogP contribution in [0.1, 0.15) is 41.3 Å². The number of phenols is 1. The molecule has 0 saturated heterocycles. The number of carboxylic acid groups (broad SMARTS) is 1. The molecule has 3 N–H and O–H groups in total. The first kappa shape index (κ1) is 20.9. The van der Waals surface area contributed by atoms with Crippen molar-refractivity contribution in [1.82, 2.24) is 5.32 Å². The minimum atomic E-state index is -1.29. The first-order chi connectivity index (χ1) is 12.6. The minimum Gasteiger partial charge on any atom is -0.507 e. The van der Waals surface area contributed by atoms with Crippen LogP contribution in [0.4, 0.5) is 0 Å². The monoisotopic (exact) mass is 410 g/mol. The van der Waals surface area contributed by atoms with Crippen molar-refractivity contribution in [3.8, 4) is 17.2 Å². The summed E-state index contributed by atoms with van der Waals surface area (Å²) in [5, 5.41) is 21.0. The molecule has 8 heteroatoms. The number of phenolic OH excluding ortho intramolecular Hbond substituents is 1. The Bertz CT molecular complexity index is 873. The van der Waals surface area contributed by atoms with Crippen molar-refractivity contribution in [2.24, 2.45) is 0 Å². The van der Waals surface area contributed by atoms with E-state index in [4.69, 9.17) is 33.0 Å². The number of rotatable bonds is 6. The molecule has 2 aromatic rings. The predicted octanol–water partition coefficient (Wildman–Crippen LogP) is 4.90. The van der Waals surface area contributed by atoms with Crippen molar-refractivity contribution in [1.29, 1.82) is 0 Å². The summed E-state index contributed by atoms with van der Waals surface area (Å²) in [6, 6.07) is 5.99. The lowest BCUT2D eigenvalue weighted by atomic mass is 9.99. The Morgan fingerprint density at radius 2 is 1.74 bits per heavy atom. The molecule has 0 aliphatic rings. The van der Waals surface area contributed by atoms with Gasteiger partial charge in [-0.3, -0.25) is 4.79 Å². The van der Waals surface area contributed by atoms with Crippen LogP contribution < -0.4 is 10.1 Å². The van der Waals surface area contributed by atoms with E-state index in [2.05, 4.69) is 5.32 Å². The number of ether oxygens (including phenoxy) is 1. The molecule has 0 unspecified atom stereocenters. The second-order valence-corrected chi connectivity index (χ2v) is 6.97. The molecule has 2 rings (SSSR count). The number of nitrogens with one attached hydrogen (secondary N) is 1. The molecule has 0 saturated carbocycles. The van der Waals surface area contributed by atoms with Gasteiger partial charge in [-0.2, -0.15) is 0 Å². The summed E-state index contributed by atoms with van der Waals surface area (Å²) in [5.74, 6) is -1.09. The molecule has 0 atom stereocenters. The fraction of sp³-hybridized carbons (Fsp3) is 0.211. The fourth-order valence-corrected chi connectivity index (χ4v) is 2.95. The van der Waals surface area contributed by atoms with Crippen molar-refractivity contribution in [2.45, 2.75) is 26.7 Å². The van der Waals surface area contributed by atoms with Gasteiger partial charge in [0.15, 0.2) is 12.3 Å². The normalized spacial score (nSPS) is 10.7. The van der Waals surface area contributed by atoms with Gasteiger partial charge in [0.1, 0.15) is 11.5 Å². The summed E-state index contributed by atoms with van der Waals surface area (Å²) in [7, 11) is 0. The van der Waals surface area contributed by atoms with E-state index in [-0.39, 0.29) is 33.0 Å². The fourth-order valence-electron chi connectivity index (χ4n) is 2.39. The van der Waals surface area contributed by atoms with Gasteiger partial charge in [0.2, 0.25) is 0 Å². The summed E-state index contributed by atoms with van der Waals surface area (Å²) in [6.45, 7) is 6.25. The average Bonchev–Trinajstić information content (AvgIpc) is 2.58. The number of halogens is 2. The molecule has 0 aromatic heterocycles. The molecule has 0 fully saturated rings. The predicted molar refractivity (Wildman–Crippen MR) is 103 cm³/mol. The van der Waals surface area contributed by atoms with E-state index < -0.39 is 11.9 Å². The summed E-state index contributed by atoms with van der Waals surface area (Å²) in [6.07, 6.45) is 0. The number of hydrogen-bond acceptors (Lipinski definition) is 4. The lowest BCUT2D eigenvalue weighted by Crippen LogP contribution is -2.24. The van der Waals surface area contributed by atoms with Gasteiger partial charge < -0.3 is 20.3 Å². The van der Waals surface area contributed by atoms with Crippen molar-refractivity contribution >= 4 is 35.1 Å². The number of aromatic hydroxyl groups is 1. The van der Waals surface area contributed by atoms with Crippen molar-refractivity contribution < 1.29 is 24.5 Å². The van der Waals surface area contributed by atoms with E-state index in [1.807, 2.05) is 13.8 Å². The highest BCUT2D eigenvalue weighted by atomic mass is 35.5. The highest BCUT2D eigenvalue weighted by Gasteiger charge is 2.17. The zero-order valence-electron chi connectivity index (χ0n) is 14.8. The van der Waals surface area contributed by atoms with E-state index >= 15 is 0 Å². The number of carbonyl (C=O) groups excluding carboxylic acids is 1. The molecule has 6 nitrogen and oxygen atoms in total. The van der Waals surface area contributed by atoms with Gasteiger partial charge in [0.25, 0.3) is 5.91 Å². The van der Waals surface area contributed by atoms with Crippen molar-refractivity contribution in [3.05, 3.63) is 57.5 Å². The first-order valence-electron chi connectivity index (χ1n) is 7.97. The van der Waals surface area contributed by atoms with Gasteiger partial charge in [0, 0.05) is 11.1 Å². The first-order valence-corrected chi connectivity index (χ1v) is 8.73. The van der Waals surface area contributed by atoms with Gasteiger partial charge in [0.05, 0.1) is 10.0 Å². The molecule has 1 radical (unpaired) electrons. The molecule has 0 bridgehead atoms. The van der Waals surface area contributed by atoms with E-state index in [1.165, 1.54) is 12.1 Å². The molecule has 0 spiro atoms. The van der Waals surface area contributed by atoms with Crippen LogP contribution in [0.3, 0.4) is 0 Å². The van der Waals surface area contributed by atoms with Crippen LogP contribution in [0.2, 0.25) is 10.0 Å². The molecular formula is C19H18Cl2NO5. The van der Waals surface area contributed by atoms with Gasteiger partial charge in [-0.25, -0.2) is 4.79 Å². The number of hydrogen-bond donors (Lipinski definition) is 3. The number of aryl methyl sites for hydroxylation is 1. The summed E-state index contributed by atoms with van der Waals surface area (Å²) in [5.41, 5.74) is 1.45. The van der Waals surface area contributed by atoms with E-state index in [0.717, 1.165) is 5.56 Å². The Kier molecular flexibility index (Phi) is 6.57. The Hall–Kier alpha value is -2.44. The summed E-state index contributed by atoms with van der Waals surface area (Å²) >= 11 is 12.4. The maximum atomic E-state index is 11.9. The van der Waals surface area contributed by atoms with Crippen molar-refractivity contribution in [2.75, 3.05) is 0 Å². The number of benzene rings is 2. The van der Waals surface area contributed by atoms with E-state index in [9.17, 15) is 14.7 Å². The number of aliphatic carboxylic acids is 1. The Morgan fingerprint density at radius 1 is 1.15 bits per heavy atom. The average molecular weight is 411 g/mol. The lowest BCUT2D eigenvalue weighted by Gasteiger charge is -2.16. The van der Waals surface area contributed by atoms with Gasteiger partial charge >= 0.3 is 5.97 Å². The third-order valence-corrected chi connectivity index (χ3v) is 4.29. The second kappa shape index (κ2) is 8.50.